The largest absolute Gasteiger partial charge is 0.460 e. The van der Waals surface area contributed by atoms with Gasteiger partial charge in [-0.2, -0.15) is 11.8 Å². The molecule has 3 aromatic rings. The van der Waals surface area contributed by atoms with Crippen molar-refractivity contribution in [3.8, 4) is 11.5 Å². The normalized spacial score (nSPS) is 14.1. The van der Waals surface area contributed by atoms with E-state index in [1.54, 1.807) is 41.4 Å². The molecule has 0 spiro atoms. The molecule has 0 saturated carbocycles. The van der Waals surface area contributed by atoms with Crippen LogP contribution in [-0.4, -0.2) is 45.7 Å². The van der Waals surface area contributed by atoms with Crippen molar-refractivity contribution in [2.75, 3.05) is 17.3 Å². The van der Waals surface area contributed by atoms with Crippen molar-refractivity contribution in [3.63, 3.8) is 0 Å². The average Bonchev–Trinajstić information content (AvgIpc) is 3.44. The van der Waals surface area contributed by atoms with Gasteiger partial charge in [-0.05, 0) is 49.6 Å². The molecule has 0 bridgehead atoms. The van der Waals surface area contributed by atoms with Crippen molar-refractivity contribution < 1.29 is 18.8 Å². The second-order valence-corrected chi connectivity index (χ2v) is 8.60. The highest BCUT2D eigenvalue weighted by Crippen LogP contribution is 2.29. The van der Waals surface area contributed by atoms with Crippen LogP contribution in [0, 0.1) is 6.92 Å². The van der Waals surface area contributed by atoms with Crippen LogP contribution in [0.2, 0.25) is 0 Å². The number of carbonyl (C=O) groups is 3. The van der Waals surface area contributed by atoms with Crippen LogP contribution in [0.5, 0.6) is 0 Å². The van der Waals surface area contributed by atoms with Crippen molar-refractivity contribution in [3.05, 3.63) is 58.7 Å². The van der Waals surface area contributed by atoms with Crippen LogP contribution in [0.1, 0.15) is 32.9 Å². The molecular formula is C21H19N3O4S2. The molecule has 1 N–H and O–H groups in total. The predicted octanol–water partition coefficient (Wildman–Crippen LogP) is 4.07. The van der Waals surface area contributed by atoms with E-state index in [1.165, 1.54) is 11.3 Å². The first kappa shape index (κ1) is 20.4. The van der Waals surface area contributed by atoms with E-state index in [4.69, 9.17) is 4.42 Å². The maximum Gasteiger partial charge on any atom is 0.262 e. The Kier molecular flexibility index (Phi) is 5.74. The van der Waals surface area contributed by atoms with E-state index in [1.807, 2.05) is 25.3 Å². The van der Waals surface area contributed by atoms with E-state index in [2.05, 4.69) is 10.3 Å². The van der Waals surface area contributed by atoms with Gasteiger partial charge in [0, 0.05) is 5.38 Å². The first-order valence-corrected chi connectivity index (χ1v) is 11.6. The number of anilines is 1. The predicted molar refractivity (Wildman–Crippen MR) is 117 cm³/mol. The number of carbonyl (C=O) groups excluding carboxylic acids is 3. The zero-order chi connectivity index (χ0) is 21.3. The highest BCUT2D eigenvalue weighted by atomic mass is 32.2. The number of benzene rings is 1. The Morgan fingerprint density at radius 1 is 1.20 bits per heavy atom. The van der Waals surface area contributed by atoms with Crippen molar-refractivity contribution in [1.29, 1.82) is 0 Å². The summed E-state index contributed by atoms with van der Waals surface area (Å²) in [6, 6.07) is 9.37. The number of thioether (sulfide) groups is 1. The molecule has 3 amide bonds. The van der Waals surface area contributed by atoms with Gasteiger partial charge in [0.05, 0.1) is 11.1 Å². The van der Waals surface area contributed by atoms with Gasteiger partial charge in [0.25, 0.3) is 11.8 Å². The standard InChI is InChI=1S/C21H19N3O4S2/c1-12-7-8-17(28-12)15-11-30-21(22-15)23-18(25)16(9-10-29-2)24-19(26)13-5-3-4-6-14(13)20(24)27/h3-8,11,16H,9-10H2,1-2H3,(H,22,23,25). The smallest absolute Gasteiger partial charge is 0.262 e. The second kappa shape index (κ2) is 8.45. The summed E-state index contributed by atoms with van der Waals surface area (Å²) in [4.78, 5) is 44.3. The number of rotatable bonds is 7. The van der Waals surface area contributed by atoms with Gasteiger partial charge in [0.2, 0.25) is 5.91 Å². The Labute approximate surface area is 181 Å². The van der Waals surface area contributed by atoms with Gasteiger partial charge in [0.1, 0.15) is 17.5 Å². The van der Waals surface area contributed by atoms with Gasteiger partial charge in [-0.25, -0.2) is 4.98 Å². The maximum atomic E-state index is 13.1. The summed E-state index contributed by atoms with van der Waals surface area (Å²) >= 11 is 2.81. The molecular weight excluding hydrogens is 422 g/mol. The molecule has 1 aliphatic heterocycles. The highest BCUT2D eigenvalue weighted by Gasteiger charge is 2.42. The van der Waals surface area contributed by atoms with Crippen LogP contribution in [0.4, 0.5) is 5.13 Å². The third-order valence-corrected chi connectivity index (χ3v) is 6.16. The zero-order valence-electron chi connectivity index (χ0n) is 16.4. The Morgan fingerprint density at radius 2 is 1.90 bits per heavy atom. The number of imide groups is 1. The molecule has 1 aliphatic rings. The Balaban J connectivity index is 1.56. The lowest BCUT2D eigenvalue weighted by Crippen LogP contribution is -2.47. The molecule has 1 aromatic carbocycles. The monoisotopic (exact) mass is 441 g/mol. The number of amides is 3. The third kappa shape index (κ3) is 3.78. The molecule has 154 valence electrons. The Hall–Kier alpha value is -2.91. The van der Waals surface area contributed by atoms with Gasteiger partial charge in [-0.1, -0.05) is 12.1 Å². The molecule has 30 heavy (non-hydrogen) atoms. The van der Waals surface area contributed by atoms with Crippen LogP contribution in [0.3, 0.4) is 0 Å². The number of nitrogens with one attached hydrogen (secondary N) is 1. The first-order valence-electron chi connectivity index (χ1n) is 9.28. The molecule has 1 atom stereocenters. The number of thiazole rings is 1. The lowest BCUT2D eigenvalue weighted by atomic mass is 10.1. The fourth-order valence-electron chi connectivity index (χ4n) is 3.30. The van der Waals surface area contributed by atoms with E-state index in [9.17, 15) is 14.4 Å². The number of hydrogen-bond acceptors (Lipinski definition) is 7. The minimum Gasteiger partial charge on any atom is -0.460 e. The molecule has 0 radical (unpaired) electrons. The molecule has 7 nitrogen and oxygen atoms in total. The zero-order valence-corrected chi connectivity index (χ0v) is 18.0. The first-order chi connectivity index (χ1) is 14.5. The number of aryl methyl sites for hydroxylation is 1. The van der Waals surface area contributed by atoms with Crippen molar-refractivity contribution >= 4 is 46.0 Å². The van der Waals surface area contributed by atoms with Crippen molar-refractivity contribution in [2.24, 2.45) is 0 Å². The topological polar surface area (TPSA) is 92.5 Å². The van der Waals surface area contributed by atoms with Gasteiger partial charge >= 0.3 is 0 Å². The highest BCUT2D eigenvalue weighted by molar-refractivity contribution is 7.98. The number of aromatic nitrogens is 1. The fraction of sp³-hybridized carbons (Fsp3) is 0.238. The van der Waals surface area contributed by atoms with E-state index in [0.717, 1.165) is 10.7 Å². The molecule has 2 aromatic heterocycles. The summed E-state index contributed by atoms with van der Waals surface area (Å²) in [6.07, 6.45) is 2.27. The minimum atomic E-state index is -0.914. The quantitative estimate of drug-likeness (QED) is 0.556. The summed E-state index contributed by atoms with van der Waals surface area (Å²) in [5.74, 6) is 0.690. The molecule has 3 heterocycles. The Morgan fingerprint density at radius 3 is 2.50 bits per heavy atom. The Bertz CT molecular complexity index is 1090. The summed E-state index contributed by atoms with van der Waals surface area (Å²) in [6.45, 7) is 1.84. The minimum absolute atomic E-state index is 0.328. The van der Waals surface area contributed by atoms with E-state index >= 15 is 0 Å². The number of fused-ring (bicyclic) bond motifs is 1. The molecule has 4 rings (SSSR count). The van der Waals surface area contributed by atoms with Crippen LogP contribution in [0.15, 0.2) is 46.2 Å². The van der Waals surface area contributed by atoms with Crippen molar-refractivity contribution in [2.45, 2.75) is 19.4 Å². The third-order valence-electron chi connectivity index (χ3n) is 4.76. The molecule has 0 fully saturated rings. The summed E-state index contributed by atoms with van der Waals surface area (Å²) < 4.78 is 5.56. The SMILES string of the molecule is CSCCC(C(=O)Nc1nc(-c2ccc(C)o2)cs1)N1C(=O)c2ccccc2C1=O. The molecule has 0 aliphatic carbocycles. The molecule has 9 heteroatoms. The second-order valence-electron chi connectivity index (χ2n) is 6.76. The lowest BCUT2D eigenvalue weighted by Gasteiger charge is -2.24. The van der Waals surface area contributed by atoms with Crippen LogP contribution < -0.4 is 5.32 Å². The fourth-order valence-corrected chi connectivity index (χ4v) is 4.46. The number of furan rings is 1. The summed E-state index contributed by atoms with van der Waals surface area (Å²) in [5, 5.41) is 4.93. The molecule has 0 saturated heterocycles. The van der Waals surface area contributed by atoms with Crippen LogP contribution in [-0.2, 0) is 4.79 Å². The summed E-state index contributed by atoms with van der Waals surface area (Å²) in [5.41, 5.74) is 1.27. The van der Waals surface area contributed by atoms with Gasteiger partial charge in [0.15, 0.2) is 10.9 Å². The van der Waals surface area contributed by atoms with Gasteiger partial charge in [-0.3, -0.25) is 19.3 Å². The summed E-state index contributed by atoms with van der Waals surface area (Å²) in [7, 11) is 0. The number of nitrogens with zero attached hydrogens (tertiary/aromatic N) is 2. The van der Waals surface area contributed by atoms with Crippen LogP contribution >= 0.6 is 23.1 Å². The van der Waals surface area contributed by atoms with E-state index < -0.39 is 23.8 Å². The maximum absolute atomic E-state index is 13.1. The van der Waals surface area contributed by atoms with Gasteiger partial charge in [-0.15, -0.1) is 11.3 Å². The lowest BCUT2D eigenvalue weighted by molar-refractivity contribution is -0.120. The number of hydrogen-bond donors (Lipinski definition) is 1. The molecule has 1 unspecified atom stereocenters. The van der Waals surface area contributed by atoms with E-state index in [0.29, 0.717) is 39.9 Å². The average molecular weight is 442 g/mol. The van der Waals surface area contributed by atoms with Crippen molar-refractivity contribution in [1.82, 2.24) is 9.88 Å². The van der Waals surface area contributed by atoms with E-state index in [-0.39, 0.29) is 0 Å². The van der Waals surface area contributed by atoms with Crippen LogP contribution in [0.25, 0.3) is 11.5 Å². The van der Waals surface area contributed by atoms with Gasteiger partial charge < -0.3 is 9.73 Å².